The van der Waals surface area contributed by atoms with Gasteiger partial charge in [0.05, 0.1) is 35.0 Å². The van der Waals surface area contributed by atoms with E-state index in [0.29, 0.717) is 6.54 Å². The molecule has 29 heavy (non-hydrogen) atoms. The maximum atomic E-state index is 12.8. The van der Waals surface area contributed by atoms with Crippen molar-refractivity contribution in [2.75, 3.05) is 19.7 Å². The molecule has 1 saturated heterocycles. The Morgan fingerprint density at radius 1 is 1.21 bits per heavy atom. The van der Waals surface area contributed by atoms with Gasteiger partial charge in [0.2, 0.25) is 0 Å². The number of hydrogen-bond donors (Lipinski definition) is 3. The van der Waals surface area contributed by atoms with E-state index in [4.69, 9.17) is 4.74 Å². The first-order valence-corrected chi connectivity index (χ1v) is 10.9. The van der Waals surface area contributed by atoms with E-state index >= 15 is 0 Å². The number of piperidine rings is 1. The molecular weight excluding hydrogens is 384 g/mol. The van der Waals surface area contributed by atoms with Crippen molar-refractivity contribution < 1.29 is 9.53 Å². The maximum absolute atomic E-state index is 12.8. The van der Waals surface area contributed by atoms with Gasteiger partial charge in [0.1, 0.15) is 0 Å². The number of hydrogen-bond acceptors (Lipinski definition) is 5. The summed E-state index contributed by atoms with van der Waals surface area (Å²) < 4.78 is 6.22. The summed E-state index contributed by atoms with van der Waals surface area (Å²) in [6, 6.07) is 14.0. The van der Waals surface area contributed by atoms with E-state index in [1.54, 1.807) is 11.3 Å². The number of aromatic amines is 1. The molecule has 5 rings (SSSR count). The van der Waals surface area contributed by atoms with E-state index in [-0.39, 0.29) is 11.5 Å². The van der Waals surface area contributed by atoms with Crippen LogP contribution in [0.5, 0.6) is 0 Å². The third kappa shape index (κ3) is 3.61. The Morgan fingerprint density at radius 3 is 2.86 bits per heavy atom. The van der Waals surface area contributed by atoms with Crippen molar-refractivity contribution in [3.8, 4) is 11.3 Å². The molecule has 6 nitrogen and oxygen atoms in total. The Kier molecular flexibility index (Phi) is 4.95. The topological polar surface area (TPSA) is 79.0 Å². The van der Waals surface area contributed by atoms with Crippen LogP contribution in [0, 0.1) is 0 Å². The molecule has 1 spiro atoms. The molecule has 1 fully saturated rings. The number of H-pyrrole nitrogens is 1. The average Bonchev–Trinajstić information content (AvgIpc) is 3.42. The van der Waals surface area contributed by atoms with Gasteiger partial charge in [-0.05, 0) is 43.6 Å². The first kappa shape index (κ1) is 18.5. The Hall–Kier alpha value is -2.48. The van der Waals surface area contributed by atoms with Crippen molar-refractivity contribution in [1.82, 2.24) is 20.8 Å². The molecule has 0 bridgehead atoms. The lowest BCUT2D eigenvalue weighted by Crippen LogP contribution is -2.44. The van der Waals surface area contributed by atoms with Crippen LogP contribution in [0.1, 0.15) is 38.6 Å². The number of nitrogens with zero attached hydrogens (tertiary/aromatic N) is 1. The quantitative estimate of drug-likeness (QED) is 0.619. The van der Waals surface area contributed by atoms with Gasteiger partial charge >= 0.3 is 0 Å². The minimum atomic E-state index is -0.207. The molecule has 2 aliphatic heterocycles. The zero-order chi connectivity index (χ0) is 19.7. The third-order valence-electron chi connectivity index (χ3n) is 5.78. The summed E-state index contributed by atoms with van der Waals surface area (Å²) in [5.41, 5.74) is 3.85. The Bertz CT molecular complexity index is 1010. The second-order valence-corrected chi connectivity index (χ2v) is 8.75. The number of nitrogens with one attached hydrogen (secondary N) is 3. The van der Waals surface area contributed by atoms with E-state index in [9.17, 15) is 4.79 Å². The molecule has 1 aromatic carbocycles. The highest BCUT2D eigenvalue weighted by Crippen LogP contribution is 2.43. The predicted octanol–water partition coefficient (Wildman–Crippen LogP) is 3.22. The van der Waals surface area contributed by atoms with Crippen LogP contribution < -0.4 is 10.6 Å². The van der Waals surface area contributed by atoms with Gasteiger partial charge in [-0.1, -0.05) is 30.3 Å². The van der Waals surface area contributed by atoms with Crippen molar-refractivity contribution in [3.05, 3.63) is 63.5 Å². The van der Waals surface area contributed by atoms with Crippen LogP contribution in [0.15, 0.2) is 42.5 Å². The number of amides is 1. The number of rotatable bonds is 4. The van der Waals surface area contributed by atoms with E-state index in [0.717, 1.165) is 60.8 Å². The second kappa shape index (κ2) is 7.74. The standard InChI is InChI=1S/C22H24N4O2S/c27-21(24-14-16-12-18(26-25-16)15-4-2-1-3-5-15)20-13-17-19(29-20)6-11-28-22(17)7-9-23-10-8-22/h1-5,12-13,23H,6-11,14H2,(H,24,27)(H,25,26). The fourth-order valence-electron chi connectivity index (χ4n) is 4.24. The van der Waals surface area contributed by atoms with Crippen LogP contribution in [-0.4, -0.2) is 35.8 Å². The van der Waals surface area contributed by atoms with Crippen LogP contribution in [0.2, 0.25) is 0 Å². The van der Waals surface area contributed by atoms with Crippen LogP contribution in [0.3, 0.4) is 0 Å². The fraction of sp³-hybridized carbons (Fsp3) is 0.364. The van der Waals surface area contributed by atoms with E-state index in [2.05, 4.69) is 26.9 Å². The summed E-state index contributed by atoms with van der Waals surface area (Å²) in [4.78, 5) is 14.9. The summed E-state index contributed by atoms with van der Waals surface area (Å²) in [5.74, 6) is -0.0376. The highest BCUT2D eigenvalue weighted by atomic mass is 32.1. The fourth-order valence-corrected chi connectivity index (χ4v) is 5.39. The Morgan fingerprint density at radius 2 is 2.03 bits per heavy atom. The van der Waals surface area contributed by atoms with Crippen molar-refractivity contribution in [2.45, 2.75) is 31.4 Å². The SMILES string of the molecule is O=C(NCc1cc(-c2ccccc2)n[nH]1)c1cc2c(s1)CCOC21CCNCC1. The number of ether oxygens (including phenoxy) is 1. The molecule has 0 atom stereocenters. The normalized spacial score (nSPS) is 17.8. The minimum Gasteiger partial charge on any atom is -0.370 e. The number of fused-ring (bicyclic) bond motifs is 2. The molecule has 7 heteroatoms. The number of thiophene rings is 1. The van der Waals surface area contributed by atoms with Gasteiger partial charge in [0, 0.05) is 16.9 Å². The van der Waals surface area contributed by atoms with E-state index in [1.165, 1.54) is 10.4 Å². The number of carbonyl (C=O) groups excluding carboxylic acids is 1. The van der Waals surface area contributed by atoms with Gasteiger partial charge in [0.25, 0.3) is 5.91 Å². The predicted molar refractivity (Wildman–Crippen MR) is 113 cm³/mol. The highest BCUT2D eigenvalue weighted by molar-refractivity contribution is 7.14. The lowest BCUT2D eigenvalue weighted by atomic mass is 9.83. The summed E-state index contributed by atoms with van der Waals surface area (Å²) >= 11 is 1.61. The zero-order valence-electron chi connectivity index (χ0n) is 16.2. The number of carbonyl (C=O) groups is 1. The van der Waals surface area contributed by atoms with Gasteiger partial charge in [-0.15, -0.1) is 11.3 Å². The molecule has 3 aromatic rings. The summed E-state index contributed by atoms with van der Waals surface area (Å²) in [5, 5.41) is 13.8. The van der Waals surface area contributed by atoms with Gasteiger partial charge < -0.3 is 15.4 Å². The first-order valence-electron chi connectivity index (χ1n) is 10.1. The molecule has 1 amide bonds. The van der Waals surface area contributed by atoms with Crippen molar-refractivity contribution in [1.29, 1.82) is 0 Å². The highest BCUT2D eigenvalue weighted by Gasteiger charge is 2.40. The number of benzene rings is 1. The average molecular weight is 409 g/mol. The molecule has 0 saturated carbocycles. The van der Waals surface area contributed by atoms with E-state index in [1.807, 2.05) is 36.4 Å². The lowest BCUT2D eigenvalue weighted by Gasteiger charge is -2.40. The van der Waals surface area contributed by atoms with Crippen molar-refractivity contribution in [3.63, 3.8) is 0 Å². The molecule has 0 aliphatic carbocycles. The molecule has 3 N–H and O–H groups in total. The second-order valence-electron chi connectivity index (χ2n) is 7.62. The molecule has 2 aromatic heterocycles. The van der Waals surface area contributed by atoms with Crippen molar-refractivity contribution in [2.24, 2.45) is 0 Å². The van der Waals surface area contributed by atoms with Gasteiger partial charge in [-0.2, -0.15) is 5.10 Å². The zero-order valence-corrected chi connectivity index (χ0v) is 17.0. The minimum absolute atomic E-state index is 0.0376. The third-order valence-corrected chi connectivity index (χ3v) is 6.98. The summed E-state index contributed by atoms with van der Waals surface area (Å²) in [6.07, 6.45) is 2.83. The largest absolute Gasteiger partial charge is 0.370 e. The van der Waals surface area contributed by atoms with Gasteiger partial charge in [-0.3, -0.25) is 9.89 Å². The van der Waals surface area contributed by atoms with Crippen LogP contribution in [0.25, 0.3) is 11.3 Å². The molecular formula is C22H24N4O2S. The van der Waals surface area contributed by atoms with Crippen LogP contribution in [-0.2, 0) is 23.3 Å². The molecule has 0 unspecified atom stereocenters. The maximum Gasteiger partial charge on any atom is 0.261 e. The Labute approximate surface area is 173 Å². The smallest absolute Gasteiger partial charge is 0.261 e. The van der Waals surface area contributed by atoms with Crippen LogP contribution >= 0.6 is 11.3 Å². The Balaban J connectivity index is 1.28. The molecule has 150 valence electrons. The van der Waals surface area contributed by atoms with Crippen molar-refractivity contribution >= 4 is 17.2 Å². The monoisotopic (exact) mass is 408 g/mol. The summed E-state index contributed by atoms with van der Waals surface area (Å²) in [6.45, 7) is 3.08. The lowest BCUT2D eigenvalue weighted by molar-refractivity contribution is -0.0792. The summed E-state index contributed by atoms with van der Waals surface area (Å²) in [7, 11) is 0. The van der Waals surface area contributed by atoms with Gasteiger partial charge in [-0.25, -0.2) is 0 Å². The molecule has 0 radical (unpaired) electrons. The molecule has 2 aliphatic rings. The van der Waals surface area contributed by atoms with Gasteiger partial charge in [0.15, 0.2) is 0 Å². The molecule has 4 heterocycles. The van der Waals surface area contributed by atoms with Crippen LogP contribution in [0.4, 0.5) is 0 Å². The number of aromatic nitrogens is 2. The van der Waals surface area contributed by atoms with E-state index < -0.39 is 0 Å². The first-order chi connectivity index (χ1) is 14.2.